The molecule has 3 rings (SSSR count). The molecule has 2 aromatic carbocycles. The summed E-state index contributed by atoms with van der Waals surface area (Å²) >= 11 is 0. The van der Waals surface area contributed by atoms with Crippen molar-refractivity contribution in [1.29, 1.82) is 0 Å². The minimum atomic E-state index is -0.764. The molecule has 0 aliphatic carbocycles. The zero-order valence-corrected chi connectivity index (χ0v) is 15.9. The van der Waals surface area contributed by atoms with Crippen molar-refractivity contribution in [3.8, 4) is 0 Å². The van der Waals surface area contributed by atoms with E-state index in [0.29, 0.717) is 0 Å². The SMILES string of the molecule is CC[N+]1(CCC(C(N)=O)(c2ccccc2)c2ccccc2)CCCCC1. The highest BCUT2D eigenvalue weighted by atomic mass is 16.1. The van der Waals surface area contributed by atoms with Crippen molar-refractivity contribution in [2.45, 2.75) is 38.0 Å². The number of hydrogen-bond donors (Lipinski definition) is 1. The molecule has 0 saturated carbocycles. The molecule has 2 N–H and O–H groups in total. The first-order chi connectivity index (χ1) is 12.6. The normalized spacial score (nSPS) is 17.0. The van der Waals surface area contributed by atoms with Crippen LogP contribution in [0.2, 0.25) is 0 Å². The third-order valence-corrected chi connectivity index (χ3v) is 6.35. The Labute approximate surface area is 157 Å². The van der Waals surface area contributed by atoms with E-state index in [-0.39, 0.29) is 5.91 Å². The number of primary amides is 1. The first kappa shape index (κ1) is 18.7. The van der Waals surface area contributed by atoms with Crippen molar-refractivity contribution < 1.29 is 9.28 Å². The van der Waals surface area contributed by atoms with Gasteiger partial charge in [-0.3, -0.25) is 4.79 Å². The summed E-state index contributed by atoms with van der Waals surface area (Å²) in [7, 11) is 0. The highest BCUT2D eigenvalue weighted by Crippen LogP contribution is 2.37. The number of benzene rings is 2. The van der Waals surface area contributed by atoms with Gasteiger partial charge in [0.25, 0.3) is 0 Å². The third-order valence-electron chi connectivity index (χ3n) is 6.35. The molecule has 0 aromatic heterocycles. The highest BCUT2D eigenvalue weighted by Gasteiger charge is 2.43. The van der Waals surface area contributed by atoms with Gasteiger partial charge in [0.1, 0.15) is 5.41 Å². The van der Waals surface area contributed by atoms with Gasteiger partial charge in [0.05, 0.1) is 26.2 Å². The molecule has 0 unspecified atom stereocenters. The lowest BCUT2D eigenvalue weighted by molar-refractivity contribution is -0.931. The van der Waals surface area contributed by atoms with Crippen LogP contribution >= 0.6 is 0 Å². The lowest BCUT2D eigenvalue weighted by atomic mass is 9.71. The number of quaternary nitrogens is 1. The number of hydrogen-bond acceptors (Lipinski definition) is 1. The van der Waals surface area contributed by atoms with Crippen LogP contribution in [-0.2, 0) is 10.2 Å². The van der Waals surface area contributed by atoms with Crippen LogP contribution in [0.15, 0.2) is 60.7 Å². The average Bonchev–Trinajstić information content (AvgIpc) is 2.70. The fraction of sp³-hybridized carbons (Fsp3) is 0.435. The standard InChI is InChI=1S/C23H30N2O/c1-2-25(17-10-5-11-18-25)19-16-23(22(24)26,20-12-6-3-7-13-20)21-14-8-4-9-15-21/h3-4,6-9,12-15H,2,5,10-11,16-19H2,1H3,(H-,24,26)/p+1. The van der Waals surface area contributed by atoms with E-state index < -0.39 is 5.41 Å². The van der Waals surface area contributed by atoms with Gasteiger partial charge in [0.2, 0.25) is 5.91 Å². The molecular formula is C23H31N2O+. The lowest BCUT2D eigenvalue weighted by Gasteiger charge is -2.43. The van der Waals surface area contributed by atoms with Crippen LogP contribution in [0.25, 0.3) is 0 Å². The van der Waals surface area contributed by atoms with Crippen molar-refractivity contribution >= 4 is 5.91 Å². The highest BCUT2D eigenvalue weighted by molar-refractivity contribution is 5.90. The summed E-state index contributed by atoms with van der Waals surface area (Å²) in [6, 6.07) is 20.2. The molecular weight excluding hydrogens is 320 g/mol. The number of amides is 1. The van der Waals surface area contributed by atoms with Crippen LogP contribution in [0.4, 0.5) is 0 Å². The van der Waals surface area contributed by atoms with Crippen molar-refractivity contribution in [2.75, 3.05) is 26.2 Å². The van der Waals surface area contributed by atoms with Gasteiger partial charge in [0.15, 0.2) is 0 Å². The Morgan fingerprint density at radius 2 is 1.42 bits per heavy atom. The lowest BCUT2D eigenvalue weighted by Crippen LogP contribution is -2.55. The Bertz CT molecular complexity index is 666. The Morgan fingerprint density at radius 1 is 0.923 bits per heavy atom. The van der Waals surface area contributed by atoms with Crippen molar-refractivity contribution in [3.63, 3.8) is 0 Å². The van der Waals surface area contributed by atoms with Gasteiger partial charge < -0.3 is 10.2 Å². The van der Waals surface area contributed by atoms with E-state index in [1.807, 2.05) is 60.7 Å². The minimum absolute atomic E-state index is 0.249. The molecule has 0 atom stereocenters. The van der Waals surface area contributed by atoms with E-state index in [0.717, 1.165) is 35.1 Å². The molecule has 1 amide bonds. The number of carbonyl (C=O) groups excluding carboxylic acids is 1. The topological polar surface area (TPSA) is 43.1 Å². The molecule has 138 valence electrons. The molecule has 0 spiro atoms. The van der Waals surface area contributed by atoms with E-state index in [1.54, 1.807) is 0 Å². The molecule has 0 bridgehead atoms. The summed E-state index contributed by atoms with van der Waals surface area (Å²) in [6.45, 7) is 6.83. The van der Waals surface area contributed by atoms with Gasteiger partial charge in [-0.2, -0.15) is 0 Å². The molecule has 0 radical (unpaired) electrons. The predicted molar refractivity (Wildman–Crippen MR) is 107 cm³/mol. The van der Waals surface area contributed by atoms with Gasteiger partial charge in [-0.1, -0.05) is 60.7 Å². The number of piperidine rings is 1. The summed E-state index contributed by atoms with van der Waals surface area (Å²) < 4.78 is 1.11. The van der Waals surface area contributed by atoms with Gasteiger partial charge in [-0.25, -0.2) is 0 Å². The fourth-order valence-electron chi connectivity index (χ4n) is 4.59. The number of likely N-dealkylation sites (tertiary alicyclic amines) is 1. The maximum atomic E-state index is 12.9. The number of nitrogens with zero attached hydrogens (tertiary/aromatic N) is 1. The van der Waals surface area contributed by atoms with Gasteiger partial charge in [-0.15, -0.1) is 0 Å². The van der Waals surface area contributed by atoms with E-state index in [2.05, 4.69) is 6.92 Å². The van der Waals surface area contributed by atoms with Crippen LogP contribution in [-0.4, -0.2) is 36.6 Å². The zero-order valence-electron chi connectivity index (χ0n) is 15.9. The largest absolute Gasteiger partial charge is 0.369 e. The van der Waals surface area contributed by atoms with E-state index in [9.17, 15) is 4.79 Å². The summed E-state index contributed by atoms with van der Waals surface area (Å²) in [4.78, 5) is 12.9. The molecule has 1 saturated heterocycles. The van der Waals surface area contributed by atoms with Crippen LogP contribution in [0.5, 0.6) is 0 Å². The fourth-order valence-corrected chi connectivity index (χ4v) is 4.59. The van der Waals surface area contributed by atoms with Crippen molar-refractivity contribution in [2.24, 2.45) is 5.73 Å². The second-order valence-corrected chi connectivity index (χ2v) is 7.64. The van der Waals surface area contributed by atoms with Crippen LogP contribution in [0.1, 0.15) is 43.7 Å². The molecule has 1 heterocycles. The Morgan fingerprint density at radius 3 is 1.85 bits per heavy atom. The average molecular weight is 352 g/mol. The molecule has 1 fully saturated rings. The van der Waals surface area contributed by atoms with E-state index in [4.69, 9.17) is 5.73 Å². The first-order valence-electron chi connectivity index (χ1n) is 9.89. The summed E-state index contributed by atoms with van der Waals surface area (Å²) in [5.41, 5.74) is 7.34. The van der Waals surface area contributed by atoms with Crippen LogP contribution < -0.4 is 5.73 Å². The monoisotopic (exact) mass is 351 g/mol. The molecule has 3 nitrogen and oxygen atoms in total. The third kappa shape index (κ3) is 3.54. The van der Waals surface area contributed by atoms with Crippen LogP contribution in [0.3, 0.4) is 0 Å². The van der Waals surface area contributed by atoms with Gasteiger partial charge >= 0.3 is 0 Å². The molecule has 2 aromatic rings. The molecule has 1 aliphatic heterocycles. The molecule has 3 heteroatoms. The van der Waals surface area contributed by atoms with Gasteiger partial charge in [-0.05, 0) is 37.3 Å². The maximum absolute atomic E-state index is 12.9. The van der Waals surface area contributed by atoms with Crippen molar-refractivity contribution in [1.82, 2.24) is 0 Å². The second kappa shape index (κ2) is 8.05. The predicted octanol–water partition coefficient (Wildman–Crippen LogP) is 3.87. The van der Waals surface area contributed by atoms with E-state index >= 15 is 0 Å². The molecule has 1 aliphatic rings. The Hall–Kier alpha value is -2.13. The van der Waals surface area contributed by atoms with E-state index in [1.165, 1.54) is 32.4 Å². The van der Waals surface area contributed by atoms with Crippen molar-refractivity contribution in [3.05, 3.63) is 71.8 Å². The number of nitrogens with two attached hydrogens (primary N) is 1. The summed E-state index contributed by atoms with van der Waals surface area (Å²) in [6.07, 6.45) is 4.66. The first-order valence-corrected chi connectivity index (χ1v) is 9.89. The molecule has 26 heavy (non-hydrogen) atoms. The summed E-state index contributed by atoms with van der Waals surface area (Å²) in [5.74, 6) is -0.249. The Kier molecular flexibility index (Phi) is 5.77. The Balaban J connectivity index is 2.01. The number of rotatable bonds is 7. The summed E-state index contributed by atoms with van der Waals surface area (Å²) in [5, 5.41) is 0. The quantitative estimate of drug-likeness (QED) is 0.756. The minimum Gasteiger partial charge on any atom is -0.369 e. The zero-order chi connectivity index (χ0) is 18.5. The smallest absolute Gasteiger partial charge is 0.232 e. The maximum Gasteiger partial charge on any atom is 0.232 e. The van der Waals surface area contributed by atoms with Gasteiger partial charge in [0, 0.05) is 6.42 Å². The van der Waals surface area contributed by atoms with Crippen LogP contribution in [0, 0.1) is 0 Å². The number of carbonyl (C=O) groups is 1. The second-order valence-electron chi connectivity index (χ2n) is 7.64.